The molecule has 3 rings (SSSR count). The van der Waals surface area contributed by atoms with Gasteiger partial charge in [0.25, 0.3) is 5.91 Å². The normalized spacial score (nSPS) is 10.5. The van der Waals surface area contributed by atoms with Gasteiger partial charge in [0.15, 0.2) is 6.61 Å². The van der Waals surface area contributed by atoms with Crippen LogP contribution in [0.1, 0.15) is 16.7 Å². The third-order valence-corrected chi connectivity index (χ3v) is 4.35. The van der Waals surface area contributed by atoms with Gasteiger partial charge in [-0.2, -0.15) is 0 Å². The molecule has 0 atom stereocenters. The molecular weight excluding hydrogens is 374 g/mol. The SMILES string of the molecule is Cc1ccc(NC(=O)COc2ccc(Cl)cc2CNCc2ccncc2)cc1. The zero-order valence-corrected chi connectivity index (χ0v) is 16.4. The van der Waals surface area contributed by atoms with Crippen LogP contribution in [-0.2, 0) is 17.9 Å². The van der Waals surface area contributed by atoms with E-state index in [0.717, 1.165) is 22.4 Å². The maximum atomic E-state index is 12.2. The molecule has 0 saturated heterocycles. The van der Waals surface area contributed by atoms with Crippen LogP contribution in [0.5, 0.6) is 5.75 Å². The molecule has 1 amide bonds. The monoisotopic (exact) mass is 395 g/mol. The maximum absolute atomic E-state index is 12.2. The lowest BCUT2D eigenvalue weighted by atomic mass is 10.2. The van der Waals surface area contributed by atoms with Gasteiger partial charge in [-0.05, 0) is 55.0 Å². The van der Waals surface area contributed by atoms with Gasteiger partial charge in [0.2, 0.25) is 0 Å². The highest BCUT2D eigenvalue weighted by Crippen LogP contribution is 2.23. The van der Waals surface area contributed by atoms with Crippen LogP contribution in [0.15, 0.2) is 67.0 Å². The standard InChI is InChI=1S/C22H22ClN3O2/c1-16-2-5-20(6-3-16)26-22(27)15-28-21-7-4-19(23)12-18(21)14-25-13-17-8-10-24-11-9-17/h2-12,25H,13-15H2,1H3,(H,26,27). The van der Waals surface area contributed by atoms with Crippen molar-refractivity contribution in [3.8, 4) is 5.75 Å². The Morgan fingerprint density at radius 2 is 1.79 bits per heavy atom. The average molecular weight is 396 g/mol. The van der Waals surface area contributed by atoms with E-state index in [9.17, 15) is 4.79 Å². The van der Waals surface area contributed by atoms with E-state index in [4.69, 9.17) is 16.3 Å². The Kier molecular flexibility index (Phi) is 7.00. The van der Waals surface area contributed by atoms with Crippen LogP contribution >= 0.6 is 11.6 Å². The Balaban J connectivity index is 1.55. The zero-order chi connectivity index (χ0) is 19.8. The van der Waals surface area contributed by atoms with Gasteiger partial charge >= 0.3 is 0 Å². The molecule has 0 spiro atoms. The van der Waals surface area contributed by atoms with Crippen LogP contribution in [0.25, 0.3) is 0 Å². The summed E-state index contributed by atoms with van der Waals surface area (Å²) < 4.78 is 5.73. The van der Waals surface area contributed by atoms with E-state index in [1.165, 1.54) is 0 Å². The largest absolute Gasteiger partial charge is 0.483 e. The van der Waals surface area contributed by atoms with Crippen molar-refractivity contribution in [3.63, 3.8) is 0 Å². The predicted molar refractivity (Wildman–Crippen MR) is 112 cm³/mol. The first-order chi connectivity index (χ1) is 13.6. The van der Waals surface area contributed by atoms with Crippen molar-refractivity contribution in [3.05, 3.63) is 88.7 Å². The molecule has 2 aromatic carbocycles. The quantitative estimate of drug-likeness (QED) is 0.595. The number of benzene rings is 2. The van der Waals surface area contributed by atoms with Crippen molar-refractivity contribution < 1.29 is 9.53 Å². The molecule has 0 saturated carbocycles. The fraction of sp³-hybridized carbons (Fsp3) is 0.182. The summed E-state index contributed by atoms with van der Waals surface area (Å²) in [5, 5.41) is 6.80. The number of carbonyl (C=O) groups is 1. The van der Waals surface area contributed by atoms with Gasteiger partial charge < -0.3 is 15.4 Å². The number of hydrogen-bond acceptors (Lipinski definition) is 4. The molecule has 0 radical (unpaired) electrons. The van der Waals surface area contributed by atoms with E-state index in [0.29, 0.717) is 23.9 Å². The lowest BCUT2D eigenvalue weighted by Crippen LogP contribution is -2.21. The lowest BCUT2D eigenvalue weighted by molar-refractivity contribution is -0.118. The average Bonchev–Trinajstić information content (AvgIpc) is 2.70. The zero-order valence-electron chi connectivity index (χ0n) is 15.6. The summed E-state index contributed by atoms with van der Waals surface area (Å²) in [5.74, 6) is 0.417. The summed E-state index contributed by atoms with van der Waals surface area (Å²) in [6.45, 7) is 3.19. The Bertz CT molecular complexity index is 915. The number of halogens is 1. The topological polar surface area (TPSA) is 63.2 Å². The third-order valence-electron chi connectivity index (χ3n) is 4.11. The molecule has 3 aromatic rings. The molecule has 1 aromatic heterocycles. The molecule has 0 fully saturated rings. The van der Waals surface area contributed by atoms with Gasteiger partial charge in [-0.15, -0.1) is 0 Å². The van der Waals surface area contributed by atoms with Gasteiger partial charge in [-0.3, -0.25) is 9.78 Å². The second-order valence-corrected chi connectivity index (χ2v) is 6.85. The number of rotatable bonds is 8. The van der Waals surface area contributed by atoms with E-state index < -0.39 is 0 Å². The fourth-order valence-corrected chi connectivity index (χ4v) is 2.84. The van der Waals surface area contributed by atoms with Crippen LogP contribution < -0.4 is 15.4 Å². The van der Waals surface area contributed by atoms with Crippen molar-refractivity contribution >= 4 is 23.2 Å². The number of amides is 1. The molecule has 0 bridgehead atoms. The first kappa shape index (κ1) is 19.9. The minimum absolute atomic E-state index is 0.0765. The van der Waals surface area contributed by atoms with Crippen LogP contribution in [0.4, 0.5) is 5.69 Å². The number of nitrogens with zero attached hydrogens (tertiary/aromatic N) is 1. The second kappa shape index (κ2) is 9.88. The Hall–Kier alpha value is -2.89. The summed E-state index contributed by atoms with van der Waals surface area (Å²) in [6, 6.07) is 16.9. The second-order valence-electron chi connectivity index (χ2n) is 6.41. The molecule has 1 heterocycles. The van der Waals surface area contributed by atoms with Gasteiger partial charge in [-0.1, -0.05) is 29.3 Å². The van der Waals surface area contributed by atoms with Gasteiger partial charge in [0.1, 0.15) is 5.75 Å². The fourth-order valence-electron chi connectivity index (χ4n) is 2.65. The number of carbonyl (C=O) groups excluding carboxylic acids is 1. The maximum Gasteiger partial charge on any atom is 0.262 e. The Morgan fingerprint density at radius 3 is 2.54 bits per heavy atom. The highest BCUT2D eigenvalue weighted by Gasteiger charge is 2.08. The van der Waals surface area contributed by atoms with E-state index in [2.05, 4.69) is 15.6 Å². The van der Waals surface area contributed by atoms with Gasteiger partial charge in [-0.25, -0.2) is 0 Å². The van der Waals surface area contributed by atoms with Crippen LogP contribution in [0, 0.1) is 6.92 Å². The van der Waals surface area contributed by atoms with Crippen molar-refractivity contribution in [2.75, 3.05) is 11.9 Å². The smallest absolute Gasteiger partial charge is 0.262 e. The molecule has 0 aliphatic rings. The van der Waals surface area contributed by atoms with E-state index in [-0.39, 0.29) is 12.5 Å². The number of pyridine rings is 1. The molecule has 0 unspecified atom stereocenters. The van der Waals surface area contributed by atoms with E-state index >= 15 is 0 Å². The number of aromatic nitrogens is 1. The van der Waals surface area contributed by atoms with Crippen LogP contribution in [0.2, 0.25) is 5.02 Å². The predicted octanol–water partition coefficient (Wildman–Crippen LogP) is 4.35. The van der Waals surface area contributed by atoms with Crippen molar-refractivity contribution in [2.24, 2.45) is 0 Å². The first-order valence-electron chi connectivity index (χ1n) is 8.97. The summed E-state index contributed by atoms with van der Waals surface area (Å²) in [4.78, 5) is 16.2. The molecule has 5 nitrogen and oxygen atoms in total. The van der Waals surface area contributed by atoms with E-state index in [1.54, 1.807) is 24.5 Å². The van der Waals surface area contributed by atoms with Crippen LogP contribution in [0.3, 0.4) is 0 Å². The molecular formula is C22H22ClN3O2. The third kappa shape index (κ3) is 6.08. The number of nitrogens with one attached hydrogen (secondary N) is 2. The number of anilines is 1. The summed E-state index contributed by atoms with van der Waals surface area (Å²) in [6.07, 6.45) is 3.52. The molecule has 2 N–H and O–H groups in total. The van der Waals surface area contributed by atoms with Crippen molar-refractivity contribution in [2.45, 2.75) is 20.0 Å². The molecule has 0 aliphatic heterocycles. The van der Waals surface area contributed by atoms with Crippen molar-refractivity contribution in [1.29, 1.82) is 0 Å². The number of aryl methyl sites for hydroxylation is 1. The summed E-state index contributed by atoms with van der Waals surface area (Å²) in [5.41, 5.74) is 3.91. The number of hydrogen-bond donors (Lipinski definition) is 2. The molecule has 0 aliphatic carbocycles. The first-order valence-corrected chi connectivity index (χ1v) is 9.35. The highest BCUT2D eigenvalue weighted by atomic mass is 35.5. The number of ether oxygens (including phenoxy) is 1. The lowest BCUT2D eigenvalue weighted by Gasteiger charge is -2.13. The molecule has 144 valence electrons. The Morgan fingerprint density at radius 1 is 1.04 bits per heavy atom. The van der Waals surface area contributed by atoms with Crippen LogP contribution in [-0.4, -0.2) is 17.5 Å². The van der Waals surface area contributed by atoms with Gasteiger partial charge in [0, 0.05) is 41.8 Å². The summed E-state index contributed by atoms with van der Waals surface area (Å²) >= 11 is 6.12. The molecule has 28 heavy (non-hydrogen) atoms. The highest BCUT2D eigenvalue weighted by molar-refractivity contribution is 6.30. The minimum Gasteiger partial charge on any atom is -0.483 e. The van der Waals surface area contributed by atoms with E-state index in [1.807, 2.05) is 49.4 Å². The minimum atomic E-state index is -0.213. The summed E-state index contributed by atoms with van der Waals surface area (Å²) in [7, 11) is 0. The van der Waals surface area contributed by atoms with Crippen molar-refractivity contribution in [1.82, 2.24) is 10.3 Å². The molecule has 6 heteroatoms. The Labute approximate surface area is 169 Å². The van der Waals surface area contributed by atoms with Gasteiger partial charge in [0.05, 0.1) is 0 Å².